The summed E-state index contributed by atoms with van der Waals surface area (Å²) < 4.78 is 12.8. The second-order valence-corrected chi connectivity index (χ2v) is 7.85. The van der Waals surface area contributed by atoms with E-state index in [4.69, 9.17) is 14.5 Å². The van der Waals surface area contributed by atoms with Crippen molar-refractivity contribution in [3.8, 4) is 22.8 Å². The Kier molecular flexibility index (Phi) is 5.87. The van der Waals surface area contributed by atoms with E-state index in [1.807, 2.05) is 36.4 Å². The fourth-order valence-corrected chi connectivity index (χ4v) is 4.30. The molecule has 0 radical (unpaired) electrons. The molecule has 6 nitrogen and oxygen atoms in total. The fourth-order valence-electron chi connectivity index (χ4n) is 3.37. The predicted octanol–water partition coefficient (Wildman–Crippen LogP) is 3.35. The van der Waals surface area contributed by atoms with Gasteiger partial charge in [0.1, 0.15) is 11.5 Å². The van der Waals surface area contributed by atoms with Gasteiger partial charge in [-0.2, -0.15) is 0 Å². The molecule has 0 N–H and O–H groups in total. The molecule has 0 atom stereocenters. The summed E-state index contributed by atoms with van der Waals surface area (Å²) in [7, 11) is 5.53. The lowest BCUT2D eigenvalue weighted by molar-refractivity contribution is 0.287. The van der Waals surface area contributed by atoms with Crippen molar-refractivity contribution in [3.05, 3.63) is 58.7 Å². The number of thiazole rings is 1. The van der Waals surface area contributed by atoms with Crippen molar-refractivity contribution < 1.29 is 9.47 Å². The molecule has 0 unspecified atom stereocenters. The number of aromatic nitrogens is 1. The molecule has 0 saturated carbocycles. The van der Waals surface area contributed by atoms with E-state index in [-0.39, 0.29) is 0 Å². The van der Waals surface area contributed by atoms with Crippen molar-refractivity contribution in [2.45, 2.75) is 0 Å². The molecule has 1 aromatic heterocycles. The largest absolute Gasteiger partial charge is 0.497 e. The number of ether oxygens (including phenoxy) is 2. The first-order valence-electron chi connectivity index (χ1n) is 9.65. The van der Waals surface area contributed by atoms with Crippen LogP contribution in [-0.2, 0) is 0 Å². The monoisotopic (exact) mass is 410 g/mol. The molecular weight excluding hydrogens is 384 g/mol. The maximum Gasteiger partial charge on any atom is 0.209 e. The van der Waals surface area contributed by atoms with Crippen LogP contribution < -0.4 is 19.3 Å². The summed E-state index contributed by atoms with van der Waals surface area (Å²) in [6, 6.07) is 16.1. The van der Waals surface area contributed by atoms with Gasteiger partial charge in [0.25, 0.3) is 0 Å². The molecule has 1 saturated heterocycles. The van der Waals surface area contributed by atoms with Crippen LogP contribution in [0.5, 0.6) is 11.5 Å². The maximum atomic E-state index is 5.32. The smallest absolute Gasteiger partial charge is 0.209 e. The zero-order chi connectivity index (χ0) is 20.2. The fraction of sp³-hybridized carbons (Fsp3) is 0.318. The number of benzene rings is 2. The van der Waals surface area contributed by atoms with Gasteiger partial charge in [0.2, 0.25) is 4.80 Å². The highest BCUT2D eigenvalue weighted by Crippen LogP contribution is 2.24. The lowest BCUT2D eigenvalue weighted by Gasteiger charge is -2.35. The molecule has 0 bridgehead atoms. The Labute approximate surface area is 175 Å². The van der Waals surface area contributed by atoms with E-state index in [0.29, 0.717) is 0 Å². The molecule has 7 heteroatoms. The van der Waals surface area contributed by atoms with E-state index in [1.165, 1.54) is 0 Å². The maximum absolute atomic E-state index is 5.32. The van der Waals surface area contributed by atoms with E-state index < -0.39 is 0 Å². The van der Waals surface area contributed by atoms with E-state index in [1.54, 1.807) is 25.6 Å². The van der Waals surface area contributed by atoms with Crippen LogP contribution in [0.15, 0.2) is 58.9 Å². The molecule has 1 fully saturated rings. The Morgan fingerprint density at radius 3 is 2.00 bits per heavy atom. The Morgan fingerprint density at radius 2 is 1.41 bits per heavy atom. The Bertz CT molecular complexity index is 1000. The van der Waals surface area contributed by atoms with Gasteiger partial charge in [-0.15, -0.1) is 11.3 Å². The molecule has 1 aliphatic rings. The number of hydrogen-bond acceptors (Lipinski definition) is 6. The first-order chi connectivity index (χ1) is 14.2. The highest BCUT2D eigenvalue weighted by molar-refractivity contribution is 7.07. The third-order valence-electron chi connectivity index (χ3n) is 5.13. The average Bonchev–Trinajstić information content (AvgIpc) is 3.18. The third-order valence-corrected chi connectivity index (χ3v) is 5.95. The quantitative estimate of drug-likeness (QED) is 0.647. The highest BCUT2D eigenvalue weighted by Gasteiger charge is 2.19. The van der Waals surface area contributed by atoms with E-state index >= 15 is 0 Å². The number of hydrogen-bond donors (Lipinski definition) is 0. The first-order valence-corrected chi connectivity index (χ1v) is 10.5. The molecule has 2 heterocycles. The van der Waals surface area contributed by atoms with Gasteiger partial charge in [0.05, 0.1) is 25.6 Å². The minimum Gasteiger partial charge on any atom is -0.497 e. The topological polar surface area (TPSA) is 42.2 Å². The molecular formula is C22H26N4O2S. The molecule has 2 aromatic carbocycles. The summed E-state index contributed by atoms with van der Waals surface area (Å²) in [5, 5.41) is 4.57. The van der Waals surface area contributed by atoms with Crippen LogP contribution in [0.1, 0.15) is 0 Å². The lowest BCUT2D eigenvalue weighted by Crippen LogP contribution is -2.52. The molecule has 1 aliphatic heterocycles. The van der Waals surface area contributed by atoms with Crippen LogP contribution in [0.2, 0.25) is 0 Å². The number of piperazine rings is 1. The van der Waals surface area contributed by atoms with Gasteiger partial charge in [-0.05, 0) is 55.6 Å². The second kappa shape index (κ2) is 8.71. The standard InChI is InChI=1S/C22H26N4O2S/c1-24-12-14-25(15-13-24)26-21(17-4-8-19(27-2)9-5-17)16-29-22(26)23-18-6-10-20(28-3)11-7-18/h4-11,16H,12-15H2,1-3H3. The van der Waals surface area contributed by atoms with Crippen LogP contribution in [0.3, 0.4) is 0 Å². The van der Waals surface area contributed by atoms with Crippen LogP contribution >= 0.6 is 11.3 Å². The van der Waals surface area contributed by atoms with Crippen LogP contribution in [0.4, 0.5) is 5.69 Å². The number of methoxy groups -OCH3 is 2. The van der Waals surface area contributed by atoms with Gasteiger partial charge in [-0.3, -0.25) is 0 Å². The molecule has 0 amide bonds. The Morgan fingerprint density at radius 1 is 0.828 bits per heavy atom. The Hall–Kier alpha value is -2.77. The van der Waals surface area contributed by atoms with Gasteiger partial charge < -0.3 is 19.4 Å². The Balaban J connectivity index is 1.77. The molecule has 152 valence electrons. The summed E-state index contributed by atoms with van der Waals surface area (Å²) in [6.45, 7) is 4.00. The average molecular weight is 411 g/mol. The van der Waals surface area contributed by atoms with Gasteiger partial charge in [0.15, 0.2) is 0 Å². The summed E-state index contributed by atoms with van der Waals surface area (Å²) in [6.07, 6.45) is 0. The summed E-state index contributed by atoms with van der Waals surface area (Å²) in [5.41, 5.74) is 3.21. The zero-order valence-electron chi connectivity index (χ0n) is 17.0. The first kappa shape index (κ1) is 19.5. The third kappa shape index (κ3) is 4.31. The van der Waals surface area contributed by atoms with E-state index in [2.05, 4.69) is 39.1 Å². The highest BCUT2D eigenvalue weighted by atomic mass is 32.1. The van der Waals surface area contributed by atoms with Gasteiger partial charge in [-0.1, -0.05) is 0 Å². The minimum absolute atomic E-state index is 0.834. The van der Waals surface area contributed by atoms with Crippen LogP contribution in [0, 0.1) is 0 Å². The molecule has 29 heavy (non-hydrogen) atoms. The van der Waals surface area contributed by atoms with Crippen molar-refractivity contribution in [2.75, 3.05) is 52.5 Å². The minimum atomic E-state index is 0.834. The van der Waals surface area contributed by atoms with Gasteiger partial charge in [0, 0.05) is 37.1 Å². The van der Waals surface area contributed by atoms with E-state index in [9.17, 15) is 0 Å². The van der Waals surface area contributed by atoms with E-state index in [0.717, 1.165) is 59.4 Å². The number of rotatable bonds is 5. The van der Waals surface area contributed by atoms with Crippen molar-refractivity contribution in [2.24, 2.45) is 4.99 Å². The number of nitrogens with zero attached hydrogens (tertiary/aromatic N) is 4. The summed E-state index contributed by atoms with van der Waals surface area (Å²) in [5.74, 6) is 1.69. The lowest BCUT2D eigenvalue weighted by atomic mass is 10.2. The van der Waals surface area contributed by atoms with Crippen molar-refractivity contribution in [3.63, 3.8) is 0 Å². The SMILES string of the molecule is COc1ccc(N=c2scc(-c3ccc(OC)cc3)n2N2CCN(C)CC2)cc1. The molecule has 0 spiro atoms. The normalized spacial score (nSPS) is 15.6. The summed E-state index contributed by atoms with van der Waals surface area (Å²) >= 11 is 1.66. The molecule has 4 rings (SSSR count). The predicted molar refractivity (Wildman–Crippen MR) is 118 cm³/mol. The molecule has 0 aliphatic carbocycles. The van der Waals surface area contributed by atoms with Crippen molar-refractivity contribution in [1.82, 2.24) is 9.58 Å². The van der Waals surface area contributed by atoms with Crippen LogP contribution in [0.25, 0.3) is 11.3 Å². The zero-order valence-corrected chi connectivity index (χ0v) is 17.9. The van der Waals surface area contributed by atoms with Crippen LogP contribution in [-0.4, -0.2) is 57.0 Å². The second-order valence-electron chi connectivity index (χ2n) is 7.01. The van der Waals surface area contributed by atoms with Crippen molar-refractivity contribution in [1.29, 1.82) is 0 Å². The summed E-state index contributed by atoms with van der Waals surface area (Å²) in [4.78, 5) is 8.26. The van der Waals surface area contributed by atoms with Crippen molar-refractivity contribution >= 4 is 17.0 Å². The van der Waals surface area contributed by atoms with Gasteiger partial charge >= 0.3 is 0 Å². The van der Waals surface area contributed by atoms with Gasteiger partial charge in [-0.25, -0.2) is 9.67 Å². The number of likely N-dealkylation sites (N-methyl/N-ethyl adjacent to an activating group) is 1. The molecule has 3 aromatic rings.